The van der Waals surface area contributed by atoms with E-state index in [1.165, 1.54) is 10.5 Å². The Balaban J connectivity index is 1.60. The zero-order valence-electron chi connectivity index (χ0n) is 16.5. The van der Waals surface area contributed by atoms with Gasteiger partial charge >= 0.3 is 0 Å². The molecule has 1 fully saturated rings. The van der Waals surface area contributed by atoms with Crippen LogP contribution >= 0.6 is 11.6 Å². The molecule has 0 radical (unpaired) electrons. The fourth-order valence-corrected chi connectivity index (χ4v) is 5.09. The molecule has 3 rings (SSSR count). The van der Waals surface area contributed by atoms with Gasteiger partial charge in [-0.15, -0.1) is 0 Å². The van der Waals surface area contributed by atoms with Crippen LogP contribution in [-0.2, 0) is 21.2 Å². The number of sulfonamides is 1. The van der Waals surface area contributed by atoms with E-state index in [2.05, 4.69) is 15.0 Å². The van der Waals surface area contributed by atoms with Crippen LogP contribution in [0, 0.1) is 5.82 Å². The molecule has 0 spiro atoms. The number of halogens is 2. The van der Waals surface area contributed by atoms with Crippen molar-refractivity contribution in [1.82, 2.24) is 24.3 Å². The normalized spacial score (nSPS) is 16.2. The number of carbonyl (C=O) groups excluding carboxylic acids is 1. The van der Waals surface area contributed by atoms with Crippen molar-refractivity contribution in [2.75, 3.05) is 36.8 Å². The standard InChI is InChI=1S/C18H22ClFN6O4S/c19-14-1-4-18(23-9-14)24-5-7-25(8-6-24)31(29,30)12-16(26(28)13-27)2-3-17-21-10-15(20)11-22-17/h1,4,9-11,13,16,28H,2-3,5-8,12H2. The first kappa shape index (κ1) is 23.3. The molecule has 1 N–H and O–H groups in total. The van der Waals surface area contributed by atoms with Crippen molar-refractivity contribution in [3.05, 3.63) is 47.4 Å². The maximum absolute atomic E-state index is 12.9. The molecule has 1 saturated heterocycles. The van der Waals surface area contributed by atoms with Gasteiger partial charge in [-0.3, -0.25) is 10.0 Å². The molecule has 1 amide bonds. The summed E-state index contributed by atoms with van der Waals surface area (Å²) in [6.07, 6.45) is 3.95. The van der Waals surface area contributed by atoms with E-state index in [-0.39, 0.29) is 38.2 Å². The van der Waals surface area contributed by atoms with Crippen LogP contribution < -0.4 is 4.90 Å². The maximum atomic E-state index is 12.9. The number of hydrogen-bond acceptors (Lipinski definition) is 8. The number of pyridine rings is 1. The molecule has 13 heteroatoms. The minimum atomic E-state index is -3.76. The van der Waals surface area contributed by atoms with E-state index >= 15 is 0 Å². The van der Waals surface area contributed by atoms with E-state index in [0.29, 0.717) is 29.0 Å². The van der Waals surface area contributed by atoms with Crippen LogP contribution in [0.4, 0.5) is 10.2 Å². The summed E-state index contributed by atoms with van der Waals surface area (Å²) >= 11 is 5.85. The van der Waals surface area contributed by atoms with Gasteiger partial charge in [0.05, 0.1) is 29.2 Å². The molecule has 0 bridgehead atoms. The molecule has 10 nitrogen and oxygen atoms in total. The average molecular weight is 473 g/mol. The van der Waals surface area contributed by atoms with Gasteiger partial charge in [-0.1, -0.05) is 11.6 Å². The second-order valence-corrected chi connectivity index (χ2v) is 9.44. The number of amides is 1. The van der Waals surface area contributed by atoms with Crippen LogP contribution in [0.15, 0.2) is 30.7 Å². The van der Waals surface area contributed by atoms with E-state index in [1.54, 1.807) is 12.1 Å². The third-order valence-corrected chi connectivity index (χ3v) is 7.11. The van der Waals surface area contributed by atoms with Gasteiger partial charge < -0.3 is 4.90 Å². The Bertz CT molecular complexity index is 972. The summed E-state index contributed by atoms with van der Waals surface area (Å²) in [4.78, 5) is 24.9. The Hall–Kier alpha value is -2.41. The van der Waals surface area contributed by atoms with Gasteiger partial charge in [0.15, 0.2) is 5.82 Å². The van der Waals surface area contributed by atoms with E-state index in [0.717, 1.165) is 12.4 Å². The molecule has 1 atom stereocenters. The summed E-state index contributed by atoms with van der Waals surface area (Å²) in [5.74, 6) is -0.0522. The van der Waals surface area contributed by atoms with Crippen molar-refractivity contribution in [1.29, 1.82) is 0 Å². The predicted molar refractivity (Wildman–Crippen MR) is 111 cm³/mol. The van der Waals surface area contributed by atoms with Crippen molar-refractivity contribution in [3.63, 3.8) is 0 Å². The highest BCUT2D eigenvalue weighted by atomic mass is 35.5. The van der Waals surface area contributed by atoms with E-state index in [1.807, 2.05) is 4.90 Å². The lowest BCUT2D eigenvalue weighted by Crippen LogP contribution is -2.51. The van der Waals surface area contributed by atoms with Crippen molar-refractivity contribution in [2.45, 2.75) is 18.9 Å². The molecule has 0 aliphatic carbocycles. The Morgan fingerprint density at radius 3 is 2.42 bits per heavy atom. The highest BCUT2D eigenvalue weighted by molar-refractivity contribution is 7.89. The molecule has 0 aromatic carbocycles. The van der Waals surface area contributed by atoms with Gasteiger partial charge in [-0.05, 0) is 18.6 Å². The van der Waals surface area contributed by atoms with Crippen LogP contribution in [0.25, 0.3) is 0 Å². The fraction of sp³-hybridized carbons (Fsp3) is 0.444. The average Bonchev–Trinajstić information content (AvgIpc) is 2.77. The summed E-state index contributed by atoms with van der Waals surface area (Å²) in [5.41, 5.74) is 0. The summed E-state index contributed by atoms with van der Waals surface area (Å²) in [6.45, 7) is 1.37. The summed E-state index contributed by atoms with van der Waals surface area (Å²) in [5, 5.41) is 10.7. The first-order valence-corrected chi connectivity index (χ1v) is 11.5. The SMILES string of the molecule is O=CN(O)C(CCc1ncc(F)cn1)CS(=O)(=O)N1CCN(c2ccc(Cl)cn2)CC1. The Labute approximate surface area is 184 Å². The van der Waals surface area contributed by atoms with Crippen molar-refractivity contribution in [3.8, 4) is 0 Å². The Morgan fingerprint density at radius 1 is 1.16 bits per heavy atom. The lowest BCUT2D eigenvalue weighted by Gasteiger charge is -2.35. The third-order valence-electron chi connectivity index (χ3n) is 4.93. The molecule has 1 aliphatic rings. The van der Waals surface area contributed by atoms with Crippen molar-refractivity contribution < 1.29 is 22.8 Å². The van der Waals surface area contributed by atoms with E-state index < -0.39 is 27.6 Å². The highest BCUT2D eigenvalue weighted by Gasteiger charge is 2.31. The third kappa shape index (κ3) is 6.29. The molecular formula is C18H22ClFN6O4S. The summed E-state index contributed by atoms with van der Waals surface area (Å²) in [6, 6.07) is 2.50. The Morgan fingerprint density at radius 2 is 1.84 bits per heavy atom. The van der Waals surface area contributed by atoms with Crippen molar-refractivity contribution >= 4 is 33.9 Å². The second-order valence-electron chi connectivity index (χ2n) is 6.99. The summed E-state index contributed by atoms with van der Waals surface area (Å²) in [7, 11) is -3.76. The first-order chi connectivity index (χ1) is 14.8. The molecule has 168 valence electrons. The zero-order valence-corrected chi connectivity index (χ0v) is 18.1. The van der Waals surface area contributed by atoms with Crippen molar-refractivity contribution in [2.24, 2.45) is 0 Å². The Kier molecular flexibility index (Phi) is 7.70. The van der Waals surface area contributed by atoms with Crippen LogP contribution in [0.3, 0.4) is 0 Å². The largest absolute Gasteiger partial charge is 0.354 e. The maximum Gasteiger partial charge on any atom is 0.233 e. The van der Waals surface area contributed by atoms with Gasteiger partial charge in [-0.2, -0.15) is 4.31 Å². The van der Waals surface area contributed by atoms with Gasteiger partial charge in [0, 0.05) is 38.8 Å². The molecule has 1 unspecified atom stereocenters. The highest BCUT2D eigenvalue weighted by Crippen LogP contribution is 2.19. The number of nitrogens with zero attached hydrogens (tertiary/aromatic N) is 6. The number of carbonyl (C=O) groups is 1. The van der Waals surface area contributed by atoms with Gasteiger partial charge in [0.1, 0.15) is 11.6 Å². The molecule has 2 aromatic rings. The van der Waals surface area contributed by atoms with E-state index in [4.69, 9.17) is 11.6 Å². The monoisotopic (exact) mass is 472 g/mol. The second kappa shape index (κ2) is 10.3. The van der Waals surface area contributed by atoms with Crippen LogP contribution in [-0.4, -0.2) is 82.3 Å². The predicted octanol–water partition coefficient (Wildman–Crippen LogP) is 0.965. The molecule has 1 aliphatic heterocycles. The number of anilines is 1. The molecule has 3 heterocycles. The summed E-state index contributed by atoms with van der Waals surface area (Å²) < 4.78 is 40.1. The lowest BCUT2D eigenvalue weighted by atomic mass is 10.2. The van der Waals surface area contributed by atoms with Crippen LogP contribution in [0.1, 0.15) is 12.2 Å². The van der Waals surface area contributed by atoms with Crippen LogP contribution in [0.5, 0.6) is 0 Å². The fourth-order valence-electron chi connectivity index (χ4n) is 3.24. The number of hydrogen-bond donors (Lipinski definition) is 1. The molecule has 2 aromatic heterocycles. The number of piperazine rings is 1. The zero-order chi connectivity index (χ0) is 22.4. The van der Waals surface area contributed by atoms with Crippen LogP contribution in [0.2, 0.25) is 5.02 Å². The first-order valence-electron chi connectivity index (χ1n) is 9.52. The molecule has 0 saturated carbocycles. The number of rotatable bonds is 9. The minimum absolute atomic E-state index is 0.0920. The van der Waals surface area contributed by atoms with Gasteiger partial charge in [0.25, 0.3) is 0 Å². The van der Waals surface area contributed by atoms with E-state index in [9.17, 15) is 22.8 Å². The van der Waals surface area contributed by atoms with Gasteiger partial charge in [0.2, 0.25) is 16.4 Å². The lowest BCUT2D eigenvalue weighted by molar-refractivity contribution is -0.158. The smallest absolute Gasteiger partial charge is 0.233 e. The molecular weight excluding hydrogens is 451 g/mol. The quantitative estimate of drug-likeness (QED) is 0.325. The molecule has 31 heavy (non-hydrogen) atoms. The minimum Gasteiger partial charge on any atom is -0.354 e. The van der Waals surface area contributed by atoms with Gasteiger partial charge in [-0.25, -0.2) is 32.8 Å². The number of aromatic nitrogens is 3. The number of hydroxylamine groups is 2. The topological polar surface area (TPSA) is 120 Å². The number of aryl methyl sites for hydroxylation is 1.